The highest BCUT2D eigenvalue weighted by Gasteiger charge is 1.87. The maximum atomic E-state index is 5.30. The van der Waals surface area contributed by atoms with Gasteiger partial charge in [-0.15, -0.1) is 0 Å². The summed E-state index contributed by atoms with van der Waals surface area (Å²) >= 11 is 0. The molecule has 0 aromatic rings. The topological polar surface area (TPSA) is 18.5 Å². The summed E-state index contributed by atoms with van der Waals surface area (Å²) in [5.41, 5.74) is 0. The molecular formula is C9H19O2. The van der Waals surface area contributed by atoms with E-state index in [0.29, 0.717) is 0 Å². The molecule has 0 heterocycles. The van der Waals surface area contributed by atoms with Crippen LogP contribution in [0.4, 0.5) is 0 Å². The summed E-state index contributed by atoms with van der Waals surface area (Å²) in [6.45, 7) is 9.02. The Hall–Kier alpha value is -0.0800. The Morgan fingerprint density at radius 3 is 2.27 bits per heavy atom. The summed E-state index contributed by atoms with van der Waals surface area (Å²) in [6, 6.07) is 0. The van der Waals surface area contributed by atoms with Crippen molar-refractivity contribution in [3.05, 3.63) is 6.92 Å². The molecule has 11 heavy (non-hydrogen) atoms. The van der Waals surface area contributed by atoms with E-state index in [4.69, 9.17) is 9.47 Å². The smallest absolute Gasteiger partial charge is 0.0487 e. The molecule has 0 amide bonds. The Kier molecular flexibility index (Phi) is 9.85. The molecule has 67 valence electrons. The fourth-order valence-corrected chi connectivity index (χ4v) is 0.714. The molecule has 2 heteroatoms. The zero-order valence-electron chi connectivity index (χ0n) is 7.47. The van der Waals surface area contributed by atoms with Crippen molar-refractivity contribution in [1.82, 2.24) is 0 Å². The van der Waals surface area contributed by atoms with Crippen LogP contribution in [-0.2, 0) is 9.47 Å². The number of hydrogen-bond donors (Lipinski definition) is 0. The van der Waals surface area contributed by atoms with Gasteiger partial charge in [-0.1, -0.05) is 13.3 Å². The van der Waals surface area contributed by atoms with Gasteiger partial charge in [-0.05, 0) is 19.8 Å². The lowest BCUT2D eigenvalue weighted by atomic mass is 10.4. The van der Waals surface area contributed by atoms with Gasteiger partial charge in [0.2, 0.25) is 0 Å². The van der Waals surface area contributed by atoms with E-state index in [0.717, 1.165) is 45.7 Å². The average Bonchev–Trinajstić information content (AvgIpc) is 2.03. The average molecular weight is 159 g/mol. The lowest BCUT2D eigenvalue weighted by Gasteiger charge is -2.02. The van der Waals surface area contributed by atoms with Crippen LogP contribution in [0.25, 0.3) is 0 Å². The first kappa shape index (κ1) is 10.9. The van der Waals surface area contributed by atoms with Crippen molar-refractivity contribution in [3.63, 3.8) is 0 Å². The predicted molar refractivity (Wildman–Crippen MR) is 46.5 cm³/mol. The summed E-state index contributed by atoms with van der Waals surface area (Å²) in [4.78, 5) is 0. The molecule has 0 N–H and O–H groups in total. The first-order valence-corrected chi connectivity index (χ1v) is 4.36. The zero-order valence-corrected chi connectivity index (χ0v) is 7.47. The fraction of sp³-hybridized carbons (Fsp3) is 0.889. The number of unbranched alkanes of at least 4 members (excludes halogenated alkanes) is 1. The van der Waals surface area contributed by atoms with Crippen LogP contribution in [0.15, 0.2) is 0 Å². The normalized spacial score (nSPS) is 10.4. The zero-order chi connectivity index (χ0) is 8.36. The second kappa shape index (κ2) is 9.92. The van der Waals surface area contributed by atoms with Gasteiger partial charge in [-0.25, -0.2) is 0 Å². The highest BCUT2D eigenvalue weighted by molar-refractivity contribution is 4.40. The van der Waals surface area contributed by atoms with Gasteiger partial charge in [-0.2, -0.15) is 0 Å². The molecule has 0 saturated heterocycles. The van der Waals surface area contributed by atoms with Gasteiger partial charge < -0.3 is 9.47 Å². The van der Waals surface area contributed by atoms with Crippen molar-refractivity contribution in [1.29, 1.82) is 0 Å². The summed E-state index contributed by atoms with van der Waals surface area (Å²) in [5.74, 6) is 0. The Bertz CT molecular complexity index is 56.6. The molecule has 0 rings (SSSR count). The van der Waals surface area contributed by atoms with Gasteiger partial charge in [0.05, 0.1) is 0 Å². The Morgan fingerprint density at radius 2 is 1.64 bits per heavy atom. The van der Waals surface area contributed by atoms with Crippen molar-refractivity contribution in [2.75, 3.05) is 26.4 Å². The van der Waals surface area contributed by atoms with E-state index >= 15 is 0 Å². The van der Waals surface area contributed by atoms with Crippen molar-refractivity contribution in [2.45, 2.75) is 26.2 Å². The molecule has 0 fully saturated rings. The molecule has 0 saturated carbocycles. The molecule has 0 aliphatic carbocycles. The third-order valence-corrected chi connectivity index (χ3v) is 1.32. The van der Waals surface area contributed by atoms with Crippen molar-refractivity contribution in [2.24, 2.45) is 0 Å². The van der Waals surface area contributed by atoms with E-state index in [1.54, 1.807) is 0 Å². The Morgan fingerprint density at radius 1 is 1.00 bits per heavy atom. The lowest BCUT2D eigenvalue weighted by molar-refractivity contribution is 0.0871. The molecule has 0 aliphatic rings. The third-order valence-electron chi connectivity index (χ3n) is 1.32. The van der Waals surface area contributed by atoms with Crippen LogP contribution in [0.3, 0.4) is 0 Å². The van der Waals surface area contributed by atoms with Gasteiger partial charge in [-0.3, -0.25) is 0 Å². The molecule has 1 radical (unpaired) electrons. The van der Waals surface area contributed by atoms with Gasteiger partial charge >= 0.3 is 0 Å². The van der Waals surface area contributed by atoms with E-state index in [-0.39, 0.29) is 0 Å². The van der Waals surface area contributed by atoms with Crippen LogP contribution in [0, 0.1) is 6.92 Å². The van der Waals surface area contributed by atoms with Crippen LogP contribution in [0.1, 0.15) is 26.2 Å². The minimum atomic E-state index is 0.804. The van der Waals surface area contributed by atoms with E-state index in [2.05, 4.69) is 6.92 Å². The molecular weight excluding hydrogens is 140 g/mol. The second-order valence-corrected chi connectivity index (χ2v) is 2.37. The fourth-order valence-electron chi connectivity index (χ4n) is 0.714. The van der Waals surface area contributed by atoms with Crippen LogP contribution >= 0.6 is 0 Å². The summed E-state index contributed by atoms with van der Waals surface area (Å²) < 4.78 is 10.4. The standard InChI is InChI=1S/C9H19O2/c1-3-5-7-11-9-6-8-10-4-2/h1,3-9H2,2H3. The summed E-state index contributed by atoms with van der Waals surface area (Å²) in [7, 11) is 0. The van der Waals surface area contributed by atoms with E-state index in [9.17, 15) is 0 Å². The van der Waals surface area contributed by atoms with Gasteiger partial charge in [0.1, 0.15) is 0 Å². The quantitative estimate of drug-likeness (QED) is 0.505. The number of ether oxygens (including phenoxy) is 2. The summed E-state index contributed by atoms with van der Waals surface area (Å²) in [6.07, 6.45) is 3.03. The lowest BCUT2D eigenvalue weighted by Crippen LogP contribution is -2.01. The predicted octanol–water partition coefficient (Wildman–Crippen LogP) is 2.04. The van der Waals surface area contributed by atoms with Crippen LogP contribution in [0.5, 0.6) is 0 Å². The first-order chi connectivity index (χ1) is 5.41. The van der Waals surface area contributed by atoms with Crippen LogP contribution < -0.4 is 0 Å². The number of rotatable bonds is 8. The third kappa shape index (κ3) is 9.92. The molecule has 0 atom stereocenters. The monoisotopic (exact) mass is 159 g/mol. The first-order valence-electron chi connectivity index (χ1n) is 4.36. The Labute approximate surface area is 69.9 Å². The van der Waals surface area contributed by atoms with E-state index in [1.807, 2.05) is 6.92 Å². The minimum absolute atomic E-state index is 0.804. The number of hydrogen-bond acceptors (Lipinski definition) is 2. The van der Waals surface area contributed by atoms with E-state index < -0.39 is 0 Å². The molecule has 0 aromatic carbocycles. The van der Waals surface area contributed by atoms with Gasteiger partial charge in [0.15, 0.2) is 0 Å². The molecule has 2 nitrogen and oxygen atoms in total. The van der Waals surface area contributed by atoms with Crippen LogP contribution in [0.2, 0.25) is 0 Å². The molecule has 0 spiro atoms. The Balaban J connectivity index is 2.69. The van der Waals surface area contributed by atoms with Gasteiger partial charge in [0, 0.05) is 26.4 Å². The van der Waals surface area contributed by atoms with Crippen LogP contribution in [-0.4, -0.2) is 26.4 Å². The van der Waals surface area contributed by atoms with E-state index in [1.165, 1.54) is 0 Å². The second-order valence-electron chi connectivity index (χ2n) is 2.37. The molecule has 0 unspecified atom stereocenters. The highest BCUT2D eigenvalue weighted by atomic mass is 16.5. The van der Waals surface area contributed by atoms with Crippen molar-refractivity contribution < 1.29 is 9.47 Å². The highest BCUT2D eigenvalue weighted by Crippen LogP contribution is 1.89. The summed E-state index contributed by atoms with van der Waals surface area (Å²) in [5, 5.41) is 0. The molecule has 0 aromatic heterocycles. The van der Waals surface area contributed by atoms with Crippen molar-refractivity contribution >= 4 is 0 Å². The SMILES string of the molecule is [CH2]CCCOCCCOCC. The van der Waals surface area contributed by atoms with Gasteiger partial charge in [0.25, 0.3) is 0 Å². The maximum Gasteiger partial charge on any atom is 0.0487 e. The minimum Gasteiger partial charge on any atom is -0.382 e. The molecule has 0 aliphatic heterocycles. The largest absolute Gasteiger partial charge is 0.382 e. The molecule has 0 bridgehead atoms. The van der Waals surface area contributed by atoms with Crippen molar-refractivity contribution in [3.8, 4) is 0 Å². The maximum absolute atomic E-state index is 5.30.